The first kappa shape index (κ1) is 41.3. The molecule has 0 aromatic heterocycles. The number of rotatable bonds is 13. The van der Waals surface area contributed by atoms with Crippen molar-refractivity contribution in [3.05, 3.63) is 204 Å². The van der Waals surface area contributed by atoms with Crippen LogP contribution >= 0.6 is 0 Å². The summed E-state index contributed by atoms with van der Waals surface area (Å²) in [6.07, 6.45) is 0.0175. The molecule has 4 N–H and O–H groups in total. The Morgan fingerprint density at radius 2 is 0.806 bits per heavy atom. The number of carbonyl (C=O) groups is 2. The van der Waals surface area contributed by atoms with E-state index in [0.717, 1.165) is 32.7 Å². The molecule has 0 aliphatic carbocycles. The fourth-order valence-electron chi connectivity index (χ4n) is 7.26. The standard InChI is InChI=1S/C50H38B2N2O8/c55-47(35-17-3-1-4-18-35)49(57)61-51(59)41-25-13-9-21-37(41)31-53-43-29-27-33-15-7-11-23-39(33)45(43)46-40-24-12-8-16-34(40)28-30-44(46)54-32-38-22-10-14-26-42(38)52(60)62-50(58)48(56)36-19-5-2-6-20-36/h1-32,47-48,55-56,59-60H/t47-,48-/m0/s1. The molecule has 10 nitrogen and oxygen atoms in total. The van der Waals surface area contributed by atoms with Crippen molar-refractivity contribution in [3.8, 4) is 11.1 Å². The first-order chi connectivity index (χ1) is 30.3. The van der Waals surface area contributed by atoms with Gasteiger partial charge in [-0.15, -0.1) is 0 Å². The van der Waals surface area contributed by atoms with Crippen LogP contribution < -0.4 is 10.9 Å². The largest absolute Gasteiger partial charge is 0.562 e. The minimum Gasteiger partial charge on any atom is -0.504 e. The SMILES string of the molecule is O=C(OB(O)c1ccccc1C=Nc1ccc2ccccc2c1-c1c(N=Cc2ccccc2B(O)OC(=O)[C@@H](O)c2ccccc2)ccc2ccccc12)[C@@H](O)c1ccccc1. The van der Waals surface area contributed by atoms with Crippen molar-refractivity contribution in [2.24, 2.45) is 9.98 Å². The predicted molar refractivity (Wildman–Crippen MR) is 244 cm³/mol. The highest BCUT2D eigenvalue weighted by Gasteiger charge is 2.30. The normalized spacial score (nSPS) is 12.4. The van der Waals surface area contributed by atoms with E-state index in [1.54, 1.807) is 122 Å². The molecule has 2 atom stereocenters. The molecule has 0 heterocycles. The summed E-state index contributed by atoms with van der Waals surface area (Å²) in [4.78, 5) is 35.7. The Kier molecular flexibility index (Phi) is 12.5. The summed E-state index contributed by atoms with van der Waals surface area (Å²) in [5.74, 6) is -2.01. The summed E-state index contributed by atoms with van der Waals surface area (Å²) in [5.41, 5.74) is 4.87. The molecule has 0 unspecified atom stereocenters. The molecule has 0 saturated heterocycles. The van der Waals surface area contributed by atoms with Crippen LogP contribution in [-0.4, -0.2) is 58.9 Å². The van der Waals surface area contributed by atoms with Gasteiger partial charge in [0.25, 0.3) is 0 Å². The molecule has 8 aromatic carbocycles. The minimum absolute atomic E-state index is 0.267. The van der Waals surface area contributed by atoms with E-state index in [2.05, 4.69) is 0 Å². The monoisotopic (exact) mass is 816 g/mol. The summed E-state index contributed by atoms with van der Waals surface area (Å²) < 4.78 is 10.7. The number of carbonyl (C=O) groups excluding carboxylic acids is 2. The van der Waals surface area contributed by atoms with Crippen LogP contribution in [0.2, 0.25) is 0 Å². The molecule has 0 fully saturated rings. The van der Waals surface area contributed by atoms with Gasteiger partial charge in [-0.2, -0.15) is 0 Å². The van der Waals surface area contributed by atoms with Gasteiger partial charge < -0.3 is 29.6 Å². The lowest BCUT2D eigenvalue weighted by atomic mass is 9.76. The zero-order chi connectivity index (χ0) is 43.0. The lowest BCUT2D eigenvalue weighted by Crippen LogP contribution is -2.39. The van der Waals surface area contributed by atoms with Crippen LogP contribution in [0.1, 0.15) is 34.5 Å². The van der Waals surface area contributed by atoms with E-state index in [1.807, 2.05) is 72.8 Å². The van der Waals surface area contributed by atoms with Crippen molar-refractivity contribution in [3.63, 3.8) is 0 Å². The van der Waals surface area contributed by atoms with E-state index in [-0.39, 0.29) is 10.9 Å². The number of aliphatic hydroxyl groups is 2. The Balaban J connectivity index is 1.16. The second kappa shape index (κ2) is 18.8. The highest BCUT2D eigenvalue weighted by Crippen LogP contribution is 2.45. The third-order valence-corrected chi connectivity index (χ3v) is 10.4. The first-order valence-electron chi connectivity index (χ1n) is 19.8. The van der Waals surface area contributed by atoms with E-state index in [1.165, 1.54) is 0 Å². The molecule has 12 heteroatoms. The molecule has 8 rings (SSSR count). The number of fused-ring (bicyclic) bond motifs is 2. The van der Waals surface area contributed by atoms with Crippen molar-refractivity contribution in [2.45, 2.75) is 12.2 Å². The van der Waals surface area contributed by atoms with E-state index < -0.39 is 38.4 Å². The summed E-state index contributed by atoms with van der Waals surface area (Å²) in [5, 5.41) is 47.2. The van der Waals surface area contributed by atoms with Crippen LogP contribution in [-0.2, 0) is 18.9 Å². The topological polar surface area (TPSA) is 158 Å². The molecule has 0 amide bonds. The van der Waals surface area contributed by atoms with Crippen molar-refractivity contribution in [2.75, 3.05) is 0 Å². The maximum absolute atomic E-state index is 12.9. The van der Waals surface area contributed by atoms with Gasteiger partial charge in [0, 0.05) is 34.5 Å². The summed E-state index contributed by atoms with van der Waals surface area (Å²) >= 11 is 0. The fourth-order valence-corrected chi connectivity index (χ4v) is 7.26. The molecule has 302 valence electrons. The zero-order valence-corrected chi connectivity index (χ0v) is 33.1. The van der Waals surface area contributed by atoms with Gasteiger partial charge >= 0.3 is 26.2 Å². The van der Waals surface area contributed by atoms with Gasteiger partial charge in [-0.3, -0.25) is 19.6 Å². The van der Waals surface area contributed by atoms with Crippen LogP contribution in [0.5, 0.6) is 0 Å². The Morgan fingerprint density at radius 3 is 1.23 bits per heavy atom. The van der Waals surface area contributed by atoms with Crippen LogP contribution in [0.4, 0.5) is 11.4 Å². The van der Waals surface area contributed by atoms with Crippen LogP contribution in [0, 0.1) is 0 Å². The van der Waals surface area contributed by atoms with Crippen molar-refractivity contribution in [1.82, 2.24) is 0 Å². The first-order valence-corrected chi connectivity index (χ1v) is 19.8. The molecular formula is C50H38B2N2O8. The molecule has 0 radical (unpaired) electrons. The zero-order valence-electron chi connectivity index (χ0n) is 33.1. The maximum atomic E-state index is 12.9. The van der Waals surface area contributed by atoms with Crippen LogP contribution in [0.3, 0.4) is 0 Å². The number of hydrogen-bond donors (Lipinski definition) is 4. The van der Waals surface area contributed by atoms with Gasteiger partial charge in [0.2, 0.25) is 0 Å². The number of nitrogens with zero attached hydrogens (tertiary/aromatic N) is 2. The maximum Gasteiger partial charge on any atom is 0.562 e. The third kappa shape index (κ3) is 8.99. The summed E-state index contributed by atoms with van der Waals surface area (Å²) in [7, 11) is -3.39. The molecule has 0 saturated carbocycles. The highest BCUT2D eigenvalue weighted by atomic mass is 16.6. The Labute approximate surface area is 358 Å². The van der Waals surface area contributed by atoms with E-state index in [4.69, 9.17) is 19.3 Å². The quantitative estimate of drug-likeness (QED) is 0.0710. The number of hydrogen-bond acceptors (Lipinski definition) is 10. The average Bonchev–Trinajstić information content (AvgIpc) is 3.32. The van der Waals surface area contributed by atoms with Gasteiger partial charge in [-0.25, -0.2) is 0 Å². The second-order valence-electron chi connectivity index (χ2n) is 14.3. The highest BCUT2D eigenvalue weighted by molar-refractivity contribution is 6.63. The fraction of sp³-hybridized carbons (Fsp3) is 0.0400. The molecular weight excluding hydrogens is 778 g/mol. The smallest absolute Gasteiger partial charge is 0.504 e. The number of aliphatic imine (C=N–C) groups is 2. The van der Waals surface area contributed by atoms with Gasteiger partial charge in [0.05, 0.1) is 11.4 Å². The number of benzene rings is 8. The van der Waals surface area contributed by atoms with Crippen LogP contribution in [0.15, 0.2) is 192 Å². The van der Waals surface area contributed by atoms with Crippen molar-refractivity contribution >= 4 is 82.4 Å². The van der Waals surface area contributed by atoms with Crippen molar-refractivity contribution in [1.29, 1.82) is 0 Å². The average molecular weight is 816 g/mol. The van der Waals surface area contributed by atoms with E-state index in [9.17, 15) is 29.9 Å². The van der Waals surface area contributed by atoms with Gasteiger partial charge in [-0.05, 0) is 55.9 Å². The molecule has 0 bridgehead atoms. The van der Waals surface area contributed by atoms with E-state index >= 15 is 0 Å². The third-order valence-electron chi connectivity index (χ3n) is 10.4. The van der Waals surface area contributed by atoms with Gasteiger partial charge in [0.15, 0.2) is 12.2 Å². The molecule has 0 aliphatic heterocycles. The van der Waals surface area contributed by atoms with Gasteiger partial charge in [-0.1, -0.05) is 170 Å². The molecule has 8 aromatic rings. The van der Waals surface area contributed by atoms with Crippen molar-refractivity contribution < 1.29 is 39.2 Å². The lowest BCUT2D eigenvalue weighted by molar-refractivity contribution is -0.146. The van der Waals surface area contributed by atoms with Crippen LogP contribution in [0.25, 0.3) is 32.7 Å². The Hall–Kier alpha value is -7.47. The summed E-state index contributed by atoms with van der Waals surface area (Å²) in [6, 6.07) is 54.0. The summed E-state index contributed by atoms with van der Waals surface area (Å²) in [6.45, 7) is 0. The molecule has 62 heavy (non-hydrogen) atoms. The second-order valence-corrected chi connectivity index (χ2v) is 14.3. The van der Waals surface area contributed by atoms with E-state index in [0.29, 0.717) is 33.6 Å². The Morgan fingerprint density at radius 1 is 0.452 bits per heavy atom. The minimum atomic E-state index is -1.70. The van der Waals surface area contributed by atoms with Gasteiger partial charge in [0.1, 0.15) is 0 Å². The predicted octanol–water partition coefficient (Wildman–Crippen LogP) is 7.09. The lowest BCUT2D eigenvalue weighted by Gasteiger charge is -2.17. The Bertz CT molecular complexity index is 2750. The number of aliphatic hydroxyl groups excluding tert-OH is 2. The molecule has 0 aliphatic rings. The molecule has 0 spiro atoms.